The van der Waals surface area contributed by atoms with Gasteiger partial charge in [-0.2, -0.15) is 13.2 Å². The van der Waals surface area contributed by atoms with Crippen molar-refractivity contribution in [3.8, 4) is 11.1 Å². The molecule has 0 bridgehead atoms. The fourth-order valence-electron chi connectivity index (χ4n) is 3.08. The van der Waals surface area contributed by atoms with Gasteiger partial charge in [-0.3, -0.25) is 0 Å². The molecule has 0 atom stereocenters. The molecule has 1 aromatic heterocycles. The molecule has 0 unspecified atom stereocenters. The number of benzene rings is 3. The molecule has 0 fully saturated rings. The number of fused-ring (bicyclic) bond motifs is 3. The van der Waals surface area contributed by atoms with E-state index < -0.39 is 11.7 Å². The Bertz CT molecular complexity index is 1060. The molecule has 0 saturated heterocycles. The predicted molar refractivity (Wildman–Crippen MR) is 95.9 cm³/mol. The van der Waals surface area contributed by atoms with Crippen molar-refractivity contribution < 1.29 is 17.6 Å². The first-order chi connectivity index (χ1) is 12.0. The summed E-state index contributed by atoms with van der Waals surface area (Å²) in [6.45, 7) is 0. The van der Waals surface area contributed by atoms with Gasteiger partial charge in [-0.1, -0.05) is 54.2 Å². The van der Waals surface area contributed by atoms with Crippen LogP contribution >= 0.6 is 11.8 Å². The molecule has 4 rings (SSSR count). The Morgan fingerprint density at radius 2 is 1.60 bits per heavy atom. The second-order valence-corrected chi connectivity index (χ2v) is 6.48. The molecule has 1 heterocycles. The lowest BCUT2D eigenvalue weighted by molar-refractivity contribution is -0.137. The Labute approximate surface area is 146 Å². The number of alkyl halides is 3. The summed E-state index contributed by atoms with van der Waals surface area (Å²) in [6, 6.07) is 17.1. The van der Waals surface area contributed by atoms with E-state index in [4.69, 9.17) is 4.42 Å². The summed E-state index contributed by atoms with van der Waals surface area (Å²) in [7, 11) is 0. The van der Waals surface area contributed by atoms with Crippen molar-refractivity contribution in [1.82, 2.24) is 0 Å². The topological polar surface area (TPSA) is 13.1 Å². The van der Waals surface area contributed by atoms with Gasteiger partial charge in [-0.25, -0.2) is 0 Å². The second-order valence-electron chi connectivity index (χ2n) is 5.70. The molecule has 0 amide bonds. The fraction of sp³-hybridized carbons (Fsp3) is 0.100. The highest BCUT2D eigenvalue weighted by Gasteiger charge is 2.30. The number of halogens is 3. The Hall–Kier alpha value is -2.40. The number of hydrogen-bond acceptors (Lipinski definition) is 2. The van der Waals surface area contributed by atoms with Crippen molar-refractivity contribution >= 4 is 33.5 Å². The van der Waals surface area contributed by atoms with Gasteiger partial charge in [0.1, 0.15) is 5.58 Å². The van der Waals surface area contributed by atoms with Crippen LogP contribution in [-0.4, -0.2) is 6.26 Å². The van der Waals surface area contributed by atoms with Crippen molar-refractivity contribution in [2.45, 2.75) is 11.3 Å². The van der Waals surface area contributed by atoms with Crippen molar-refractivity contribution in [3.63, 3.8) is 0 Å². The lowest BCUT2D eigenvalue weighted by atomic mass is 9.98. The molecule has 0 aliphatic heterocycles. The number of thioether (sulfide) groups is 1. The SMILES string of the molecule is CSc1oc2ccc3ccccc3c2c1-c1ccc(C(F)(F)F)cc1. The van der Waals surface area contributed by atoms with Gasteiger partial charge >= 0.3 is 6.18 Å². The van der Waals surface area contributed by atoms with Crippen LogP contribution in [0, 0.1) is 0 Å². The van der Waals surface area contributed by atoms with Gasteiger partial charge in [0, 0.05) is 10.9 Å². The van der Waals surface area contributed by atoms with E-state index in [0.717, 1.165) is 39.4 Å². The lowest BCUT2D eigenvalue weighted by Gasteiger charge is -2.08. The number of hydrogen-bond donors (Lipinski definition) is 0. The summed E-state index contributed by atoms with van der Waals surface area (Å²) in [5.74, 6) is 0. The molecule has 5 heteroatoms. The smallest absolute Gasteiger partial charge is 0.416 e. The van der Waals surface area contributed by atoms with Crippen molar-refractivity contribution in [2.24, 2.45) is 0 Å². The molecule has 0 saturated carbocycles. The molecule has 126 valence electrons. The van der Waals surface area contributed by atoms with Gasteiger partial charge < -0.3 is 4.42 Å². The largest absolute Gasteiger partial charge is 0.449 e. The normalized spacial score (nSPS) is 12.2. The second kappa shape index (κ2) is 5.85. The van der Waals surface area contributed by atoms with Gasteiger partial charge in [-0.05, 0) is 40.8 Å². The van der Waals surface area contributed by atoms with E-state index in [1.807, 2.05) is 42.7 Å². The predicted octanol–water partition coefficient (Wildman–Crippen LogP) is 6.99. The van der Waals surface area contributed by atoms with Crippen molar-refractivity contribution in [1.29, 1.82) is 0 Å². The highest BCUT2D eigenvalue weighted by molar-refractivity contribution is 7.98. The van der Waals surface area contributed by atoms with Crippen molar-refractivity contribution in [2.75, 3.05) is 6.26 Å². The minimum Gasteiger partial charge on any atom is -0.449 e. The van der Waals surface area contributed by atoms with E-state index in [9.17, 15) is 13.2 Å². The van der Waals surface area contributed by atoms with Crippen LogP contribution in [0.2, 0.25) is 0 Å². The number of furan rings is 1. The lowest BCUT2D eigenvalue weighted by Crippen LogP contribution is -2.03. The average molecular weight is 358 g/mol. The fourth-order valence-corrected chi connectivity index (χ4v) is 3.68. The first-order valence-electron chi connectivity index (χ1n) is 7.65. The molecule has 0 spiro atoms. The molecule has 0 N–H and O–H groups in total. The Morgan fingerprint density at radius 1 is 0.880 bits per heavy atom. The third-order valence-corrected chi connectivity index (χ3v) is 4.89. The standard InChI is InChI=1S/C20H13F3OS/c1-25-19-17(13-6-9-14(10-7-13)20(21,22)23)18-15-5-3-2-4-12(15)8-11-16(18)24-19/h2-11H,1H3. The summed E-state index contributed by atoms with van der Waals surface area (Å²) >= 11 is 1.45. The molecular formula is C20H13F3OS. The van der Waals surface area contributed by atoms with E-state index in [1.165, 1.54) is 23.9 Å². The first-order valence-corrected chi connectivity index (χ1v) is 8.87. The minimum atomic E-state index is -4.34. The van der Waals surface area contributed by atoms with Gasteiger partial charge in [0.25, 0.3) is 0 Å². The van der Waals surface area contributed by atoms with E-state index in [1.54, 1.807) is 0 Å². The van der Waals surface area contributed by atoms with Gasteiger partial charge in [0.2, 0.25) is 0 Å². The van der Waals surface area contributed by atoms with Gasteiger partial charge in [-0.15, -0.1) is 0 Å². The first kappa shape index (κ1) is 16.1. The van der Waals surface area contributed by atoms with Crippen LogP contribution in [-0.2, 0) is 6.18 Å². The zero-order chi connectivity index (χ0) is 17.6. The summed E-state index contributed by atoms with van der Waals surface area (Å²) in [4.78, 5) is 0. The third-order valence-electron chi connectivity index (χ3n) is 4.23. The summed E-state index contributed by atoms with van der Waals surface area (Å²) in [5, 5.41) is 3.73. The molecule has 1 nitrogen and oxygen atoms in total. The number of rotatable bonds is 2. The Morgan fingerprint density at radius 3 is 2.28 bits per heavy atom. The quantitative estimate of drug-likeness (QED) is 0.358. The van der Waals surface area contributed by atoms with Crippen LogP contribution < -0.4 is 0 Å². The molecule has 0 radical (unpaired) electrons. The molecule has 0 aliphatic carbocycles. The van der Waals surface area contributed by atoms with Gasteiger partial charge in [0.05, 0.1) is 5.56 Å². The average Bonchev–Trinajstić information content (AvgIpc) is 3.00. The van der Waals surface area contributed by atoms with Crippen LogP contribution in [0.5, 0.6) is 0 Å². The van der Waals surface area contributed by atoms with Crippen LogP contribution in [0.15, 0.2) is 70.2 Å². The van der Waals surface area contributed by atoms with E-state index in [0.29, 0.717) is 10.7 Å². The van der Waals surface area contributed by atoms with Crippen molar-refractivity contribution in [3.05, 3.63) is 66.2 Å². The minimum absolute atomic E-state index is 0.653. The maximum Gasteiger partial charge on any atom is 0.416 e. The van der Waals surface area contributed by atoms with E-state index in [2.05, 4.69) is 0 Å². The molecule has 0 aliphatic rings. The Balaban J connectivity index is 2.01. The molecule has 4 aromatic rings. The zero-order valence-corrected chi connectivity index (χ0v) is 14.0. The Kier molecular flexibility index (Phi) is 3.76. The van der Waals surface area contributed by atoms with Crippen LogP contribution in [0.4, 0.5) is 13.2 Å². The van der Waals surface area contributed by atoms with Crippen LogP contribution in [0.3, 0.4) is 0 Å². The maximum absolute atomic E-state index is 12.8. The van der Waals surface area contributed by atoms with Crippen LogP contribution in [0.25, 0.3) is 32.9 Å². The highest BCUT2D eigenvalue weighted by Crippen LogP contribution is 2.43. The summed E-state index contributed by atoms with van der Waals surface area (Å²) in [6.07, 6.45) is -2.44. The third kappa shape index (κ3) is 2.68. The van der Waals surface area contributed by atoms with E-state index in [-0.39, 0.29) is 0 Å². The van der Waals surface area contributed by atoms with Gasteiger partial charge in [0.15, 0.2) is 5.09 Å². The zero-order valence-electron chi connectivity index (χ0n) is 13.2. The molecule has 25 heavy (non-hydrogen) atoms. The molecule has 3 aromatic carbocycles. The maximum atomic E-state index is 12.8. The molecular weight excluding hydrogens is 345 g/mol. The summed E-state index contributed by atoms with van der Waals surface area (Å²) < 4.78 is 44.5. The monoisotopic (exact) mass is 358 g/mol. The van der Waals surface area contributed by atoms with E-state index >= 15 is 0 Å². The summed E-state index contributed by atoms with van der Waals surface area (Å²) in [5.41, 5.74) is 1.64. The highest BCUT2D eigenvalue weighted by atomic mass is 32.2. The van der Waals surface area contributed by atoms with Crippen LogP contribution in [0.1, 0.15) is 5.56 Å².